The second kappa shape index (κ2) is 6.43. The van der Waals surface area contributed by atoms with Crippen molar-refractivity contribution in [3.63, 3.8) is 0 Å². The van der Waals surface area contributed by atoms with Crippen molar-refractivity contribution in [2.75, 3.05) is 18.4 Å². The first-order chi connectivity index (χ1) is 9.90. The lowest BCUT2D eigenvalue weighted by Gasteiger charge is -2.22. The van der Waals surface area contributed by atoms with Crippen molar-refractivity contribution in [3.05, 3.63) is 32.3 Å². The molecule has 21 heavy (non-hydrogen) atoms. The average molecular weight is 356 g/mol. The van der Waals surface area contributed by atoms with E-state index in [0.717, 1.165) is 25.9 Å². The first-order valence-electron chi connectivity index (χ1n) is 6.90. The Morgan fingerprint density at radius 3 is 2.62 bits per heavy atom. The Balaban J connectivity index is 2.13. The second-order valence-electron chi connectivity index (χ2n) is 5.27. The van der Waals surface area contributed by atoms with Crippen LogP contribution in [0, 0.1) is 17.0 Å². The van der Waals surface area contributed by atoms with Crippen LogP contribution in [0.2, 0.25) is 0 Å². The molecule has 114 valence electrons. The van der Waals surface area contributed by atoms with Crippen molar-refractivity contribution in [1.29, 1.82) is 0 Å². The maximum Gasteiger partial charge on any atom is 0.273 e. The molecular weight excluding hydrogens is 338 g/mol. The summed E-state index contributed by atoms with van der Waals surface area (Å²) in [4.78, 5) is 24.6. The molecule has 0 spiro atoms. The Hall–Kier alpha value is -1.63. The SMILES string of the molecule is Cc1cc(NC(C)C(=O)N2CCCC2)c(Br)cc1[N+](=O)[O-]. The third kappa shape index (κ3) is 3.53. The maximum atomic E-state index is 12.3. The molecule has 0 saturated carbocycles. The van der Waals surface area contributed by atoms with Crippen molar-refractivity contribution >= 4 is 33.2 Å². The number of hydrogen-bond donors (Lipinski definition) is 1. The summed E-state index contributed by atoms with van der Waals surface area (Å²) in [6, 6.07) is 2.79. The van der Waals surface area contributed by atoms with Crippen molar-refractivity contribution in [1.82, 2.24) is 4.90 Å². The highest BCUT2D eigenvalue weighted by molar-refractivity contribution is 9.10. The number of rotatable bonds is 4. The normalized spacial score (nSPS) is 15.9. The largest absolute Gasteiger partial charge is 0.373 e. The number of carbonyl (C=O) groups excluding carboxylic acids is 1. The number of nitro groups is 1. The van der Waals surface area contributed by atoms with Gasteiger partial charge in [-0.2, -0.15) is 0 Å². The van der Waals surface area contributed by atoms with E-state index in [0.29, 0.717) is 15.7 Å². The molecule has 1 saturated heterocycles. The summed E-state index contributed by atoms with van der Waals surface area (Å²) >= 11 is 3.32. The third-order valence-electron chi connectivity index (χ3n) is 3.64. The molecule has 1 aromatic carbocycles. The zero-order valence-electron chi connectivity index (χ0n) is 12.1. The predicted molar refractivity (Wildman–Crippen MR) is 84.4 cm³/mol. The number of aryl methyl sites for hydroxylation is 1. The highest BCUT2D eigenvalue weighted by Crippen LogP contribution is 2.31. The summed E-state index contributed by atoms with van der Waals surface area (Å²) in [5.74, 6) is 0.0652. The molecule has 1 atom stereocenters. The second-order valence-corrected chi connectivity index (χ2v) is 6.13. The minimum Gasteiger partial charge on any atom is -0.373 e. The molecule has 1 N–H and O–H groups in total. The number of likely N-dealkylation sites (tertiary alicyclic amines) is 1. The van der Waals surface area contributed by atoms with Crippen molar-refractivity contribution < 1.29 is 9.72 Å². The average Bonchev–Trinajstić information content (AvgIpc) is 2.95. The van der Waals surface area contributed by atoms with Gasteiger partial charge >= 0.3 is 0 Å². The summed E-state index contributed by atoms with van der Waals surface area (Å²) in [5.41, 5.74) is 1.32. The Morgan fingerprint density at radius 2 is 2.05 bits per heavy atom. The fourth-order valence-electron chi connectivity index (χ4n) is 2.48. The third-order valence-corrected chi connectivity index (χ3v) is 4.30. The number of nitro benzene ring substituents is 1. The summed E-state index contributed by atoms with van der Waals surface area (Å²) in [5, 5.41) is 14.0. The molecule has 1 heterocycles. The first kappa shape index (κ1) is 15.8. The van der Waals surface area contributed by atoms with Gasteiger partial charge in [0.05, 0.1) is 4.92 Å². The number of carbonyl (C=O) groups is 1. The van der Waals surface area contributed by atoms with Crippen LogP contribution in [0.4, 0.5) is 11.4 Å². The minimum atomic E-state index is -0.414. The summed E-state index contributed by atoms with van der Waals surface area (Å²) in [6.07, 6.45) is 2.11. The summed E-state index contributed by atoms with van der Waals surface area (Å²) in [7, 11) is 0. The standard InChI is InChI=1S/C14H18BrN3O3/c1-9-7-12(11(15)8-13(9)18(20)21)16-10(2)14(19)17-5-3-4-6-17/h7-8,10,16H,3-6H2,1-2H3. The number of halogens is 1. The van der Waals surface area contributed by atoms with Gasteiger partial charge in [-0.25, -0.2) is 0 Å². The van der Waals surface area contributed by atoms with E-state index in [2.05, 4.69) is 21.2 Å². The Morgan fingerprint density at radius 1 is 1.43 bits per heavy atom. The van der Waals surface area contributed by atoms with Gasteiger partial charge in [-0.05, 0) is 48.7 Å². The van der Waals surface area contributed by atoms with E-state index in [4.69, 9.17) is 0 Å². The Kier molecular flexibility index (Phi) is 4.82. The molecule has 7 heteroatoms. The van der Waals surface area contributed by atoms with Gasteiger partial charge in [0.15, 0.2) is 0 Å². The molecular formula is C14H18BrN3O3. The summed E-state index contributed by atoms with van der Waals surface area (Å²) in [6.45, 7) is 5.11. The highest BCUT2D eigenvalue weighted by Gasteiger charge is 2.24. The first-order valence-corrected chi connectivity index (χ1v) is 7.69. The van der Waals surface area contributed by atoms with Crippen LogP contribution in [-0.4, -0.2) is 34.9 Å². The lowest BCUT2D eigenvalue weighted by atomic mass is 10.1. The molecule has 1 unspecified atom stereocenters. The molecule has 6 nitrogen and oxygen atoms in total. The molecule has 0 aliphatic carbocycles. The molecule has 1 amide bonds. The van der Waals surface area contributed by atoms with Gasteiger partial charge < -0.3 is 10.2 Å². The zero-order chi connectivity index (χ0) is 15.6. The predicted octanol–water partition coefficient (Wildman–Crippen LogP) is 3.09. The van der Waals surface area contributed by atoms with E-state index in [1.807, 2.05) is 11.8 Å². The van der Waals surface area contributed by atoms with Crippen molar-refractivity contribution in [2.45, 2.75) is 32.7 Å². The van der Waals surface area contributed by atoms with Gasteiger partial charge in [0.2, 0.25) is 5.91 Å². The highest BCUT2D eigenvalue weighted by atomic mass is 79.9. The number of anilines is 1. The van der Waals surface area contributed by atoms with Crippen LogP contribution in [0.3, 0.4) is 0 Å². The van der Waals surface area contributed by atoms with Crippen LogP contribution in [0.1, 0.15) is 25.3 Å². The van der Waals surface area contributed by atoms with E-state index >= 15 is 0 Å². The van der Waals surface area contributed by atoms with Crippen LogP contribution < -0.4 is 5.32 Å². The molecule has 2 rings (SSSR count). The molecule has 0 radical (unpaired) electrons. The number of amides is 1. The molecule has 1 aliphatic heterocycles. The summed E-state index contributed by atoms with van der Waals surface area (Å²) < 4.78 is 0.584. The van der Waals surface area contributed by atoms with Gasteiger partial charge in [0.25, 0.3) is 5.69 Å². The van der Waals surface area contributed by atoms with Gasteiger partial charge in [0.1, 0.15) is 6.04 Å². The van der Waals surface area contributed by atoms with Crippen LogP contribution in [0.5, 0.6) is 0 Å². The number of benzene rings is 1. The quantitative estimate of drug-likeness (QED) is 0.665. The molecule has 1 aliphatic rings. The van der Waals surface area contributed by atoms with Gasteiger partial charge in [-0.15, -0.1) is 0 Å². The maximum absolute atomic E-state index is 12.3. The van der Waals surface area contributed by atoms with Crippen LogP contribution in [0.15, 0.2) is 16.6 Å². The van der Waals surface area contributed by atoms with Crippen LogP contribution in [0.25, 0.3) is 0 Å². The number of hydrogen-bond acceptors (Lipinski definition) is 4. The smallest absolute Gasteiger partial charge is 0.273 e. The molecule has 0 bridgehead atoms. The van der Waals surface area contributed by atoms with Crippen LogP contribution in [-0.2, 0) is 4.79 Å². The number of nitrogens with one attached hydrogen (secondary N) is 1. The van der Waals surface area contributed by atoms with Gasteiger partial charge in [-0.1, -0.05) is 0 Å². The zero-order valence-corrected chi connectivity index (χ0v) is 13.6. The monoisotopic (exact) mass is 355 g/mol. The minimum absolute atomic E-state index is 0.0611. The van der Waals surface area contributed by atoms with Gasteiger partial charge in [-0.3, -0.25) is 14.9 Å². The van der Waals surface area contributed by atoms with E-state index < -0.39 is 4.92 Å². The topological polar surface area (TPSA) is 75.5 Å². The molecule has 0 aromatic heterocycles. The lowest BCUT2D eigenvalue weighted by molar-refractivity contribution is -0.385. The Bertz CT molecular complexity index is 571. The van der Waals surface area contributed by atoms with Crippen LogP contribution >= 0.6 is 15.9 Å². The van der Waals surface area contributed by atoms with Crippen molar-refractivity contribution in [3.8, 4) is 0 Å². The fraction of sp³-hybridized carbons (Fsp3) is 0.500. The van der Waals surface area contributed by atoms with Crippen molar-refractivity contribution in [2.24, 2.45) is 0 Å². The van der Waals surface area contributed by atoms with E-state index in [-0.39, 0.29) is 17.6 Å². The lowest BCUT2D eigenvalue weighted by Crippen LogP contribution is -2.39. The van der Waals surface area contributed by atoms with E-state index in [1.165, 1.54) is 6.07 Å². The van der Waals surface area contributed by atoms with Gasteiger partial charge in [0, 0.05) is 34.9 Å². The number of nitrogens with zero attached hydrogens (tertiary/aromatic N) is 2. The van der Waals surface area contributed by atoms with E-state index in [9.17, 15) is 14.9 Å². The fourth-order valence-corrected chi connectivity index (χ4v) is 2.93. The van der Waals surface area contributed by atoms with E-state index in [1.54, 1.807) is 13.0 Å². The molecule has 1 fully saturated rings. The molecule has 1 aromatic rings. The Labute approximate surface area is 131 Å².